The highest BCUT2D eigenvalue weighted by atomic mass is 35.5. The second kappa shape index (κ2) is 6.90. The number of fused-ring (bicyclic) bond motifs is 1. The molecular weight excluding hydrogens is 288 g/mol. The van der Waals surface area contributed by atoms with Crippen LogP contribution in [0.1, 0.15) is 18.7 Å². The summed E-state index contributed by atoms with van der Waals surface area (Å²) in [5.41, 5.74) is 0. The highest BCUT2D eigenvalue weighted by Gasteiger charge is 2.16. The summed E-state index contributed by atoms with van der Waals surface area (Å²) in [6, 6.07) is 8.87. The molecule has 110 valence electrons. The molecule has 1 unspecified atom stereocenters. The van der Waals surface area contributed by atoms with Crippen LogP contribution in [0, 0.1) is 5.92 Å². The van der Waals surface area contributed by atoms with Crippen molar-refractivity contribution in [3.63, 3.8) is 0 Å². The Balaban J connectivity index is 2.01. The van der Waals surface area contributed by atoms with Crippen molar-refractivity contribution in [1.82, 2.24) is 10.2 Å². The minimum atomic E-state index is 0.545. The van der Waals surface area contributed by atoms with Crippen molar-refractivity contribution in [3.05, 3.63) is 34.2 Å². The molecule has 1 atom stereocenters. The monoisotopic (exact) mass is 310 g/mol. The SMILES string of the molecule is CC(C)C(CNCc1sc2ccccc2c1Cl)N(C)C. The predicted octanol–water partition coefficient (Wildman–Crippen LogP) is 4.23. The fourth-order valence-corrected chi connectivity index (χ4v) is 4.00. The molecule has 0 saturated carbocycles. The van der Waals surface area contributed by atoms with E-state index in [-0.39, 0.29) is 0 Å². The molecule has 0 aliphatic carbocycles. The van der Waals surface area contributed by atoms with E-state index in [1.165, 1.54) is 15.0 Å². The van der Waals surface area contributed by atoms with E-state index in [1.54, 1.807) is 11.3 Å². The maximum absolute atomic E-state index is 6.46. The lowest BCUT2D eigenvalue weighted by atomic mass is 10.0. The number of benzene rings is 1. The van der Waals surface area contributed by atoms with Gasteiger partial charge in [-0.3, -0.25) is 0 Å². The van der Waals surface area contributed by atoms with Gasteiger partial charge >= 0.3 is 0 Å². The van der Waals surface area contributed by atoms with Crippen LogP contribution >= 0.6 is 22.9 Å². The van der Waals surface area contributed by atoms with E-state index in [1.807, 2.05) is 6.07 Å². The molecule has 1 heterocycles. The number of nitrogens with one attached hydrogen (secondary N) is 1. The quantitative estimate of drug-likeness (QED) is 0.859. The third kappa shape index (κ3) is 3.53. The summed E-state index contributed by atoms with van der Waals surface area (Å²) in [6.07, 6.45) is 0. The highest BCUT2D eigenvalue weighted by molar-refractivity contribution is 7.19. The summed E-state index contributed by atoms with van der Waals surface area (Å²) < 4.78 is 1.27. The van der Waals surface area contributed by atoms with Gasteiger partial charge in [-0.1, -0.05) is 43.6 Å². The normalized spacial score (nSPS) is 13.6. The smallest absolute Gasteiger partial charge is 0.0636 e. The van der Waals surface area contributed by atoms with Crippen molar-refractivity contribution < 1.29 is 0 Å². The number of halogens is 1. The van der Waals surface area contributed by atoms with Gasteiger partial charge in [-0.15, -0.1) is 11.3 Å². The van der Waals surface area contributed by atoms with Gasteiger partial charge in [-0.2, -0.15) is 0 Å². The Kier molecular flexibility index (Phi) is 5.44. The lowest BCUT2D eigenvalue weighted by Gasteiger charge is -2.28. The van der Waals surface area contributed by atoms with Gasteiger partial charge in [-0.25, -0.2) is 0 Å². The molecule has 0 aliphatic rings. The van der Waals surface area contributed by atoms with Crippen molar-refractivity contribution in [2.24, 2.45) is 5.92 Å². The molecule has 0 saturated heterocycles. The summed E-state index contributed by atoms with van der Waals surface area (Å²) in [5, 5.41) is 5.63. The number of nitrogens with zero attached hydrogens (tertiary/aromatic N) is 1. The molecule has 0 aliphatic heterocycles. The van der Waals surface area contributed by atoms with Crippen LogP contribution in [-0.4, -0.2) is 31.6 Å². The van der Waals surface area contributed by atoms with Crippen molar-refractivity contribution in [2.45, 2.75) is 26.4 Å². The molecule has 2 nitrogen and oxygen atoms in total. The Morgan fingerprint density at radius 2 is 1.95 bits per heavy atom. The molecule has 20 heavy (non-hydrogen) atoms. The molecule has 4 heteroatoms. The van der Waals surface area contributed by atoms with Crippen molar-refractivity contribution in [1.29, 1.82) is 0 Å². The molecule has 0 radical (unpaired) electrons. The summed E-state index contributed by atoms with van der Waals surface area (Å²) in [7, 11) is 4.28. The van der Waals surface area contributed by atoms with Gasteiger partial charge in [0, 0.05) is 34.1 Å². The third-order valence-electron chi connectivity index (χ3n) is 3.67. The molecule has 0 bridgehead atoms. The number of likely N-dealkylation sites (N-methyl/N-ethyl adjacent to an activating group) is 1. The van der Waals surface area contributed by atoms with E-state index >= 15 is 0 Å². The molecular formula is C16H23ClN2S. The van der Waals surface area contributed by atoms with E-state index in [2.05, 4.69) is 56.4 Å². The van der Waals surface area contributed by atoms with E-state index < -0.39 is 0 Å². The van der Waals surface area contributed by atoms with Crippen LogP contribution in [0.25, 0.3) is 10.1 Å². The number of thiophene rings is 1. The van der Waals surface area contributed by atoms with E-state index in [0.717, 1.165) is 18.1 Å². The molecule has 1 N–H and O–H groups in total. The lowest BCUT2D eigenvalue weighted by molar-refractivity contribution is 0.224. The standard InChI is InChI=1S/C16H23ClN2S/c1-11(2)13(19(3)4)9-18-10-15-16(17)12-7-5-6-8-14(12)20-15/h5-8,11,13,18H,9-10H2,1-4H3. The zero-order valence-corrected chi connectivity index (χ0v) is 14.2. The topological polar surface area (TPSA) is 15.3 Å². The highest BCUT2D eigenvalue weighted by Crippen LogP contribution is 2.34. The van der Waals surface area contributed by atoms with E-state index in [0.29, 0.717) is 12.0 Å². The van der Waals surface area contributed by atoms with Gasteiger partial charge in [0.05, 0.1) is 5.02 Å². The molecule has 2 aromatic rings. The largest absolute Gasteiger partial charge is 0.310 e. The fourth-order valence-electron chi connectivity index (χ4n) is 2.53. The van der Waals surface area contributed by atoms with Gasteiger partial charge in [0.15, 0.2) is 0 Å². The molecule has 2 rings (SSSR count). The van der Waals surface area contributed by atoms with Crippen molar-refractivity contribution >= 4 is 33.0 Å². The number of hydrogen-bond donors (Lipinski definition) is 1. The average molecular weight is 311 g/mol. The van der Waals surface area contributed by atoms with Gasteiger partial charge in [0.2, 0.25) is 0 Å². The van der Waals surface area contributed by atoms with Gasteiger partial charge < -0.3 is 10.2 Å². The van der Waals surface area contributed by atoms with Crippen LogP contribution in [0.15, 0.2) is 24.3 Å². The summed E-state index contributed by atoms with van der Waals surface area (Å²) in [5.74, 6) is 0.635. The Morgan fingerprint density at radius 1 is 1.25 bits per heavy atom. The second-order valence-corrected chi connectivity index (χ2v) is 7.26. The maximum atomic E-state index is 6.46. The first-order chi connectivity index (χ1) is 9.50. The van der Waals surface area contributed by atoms with Crippen molar-refractivity contribution in [3.8, 4) is 0 Å². The van der Waals surface area contributed by atoms with Crippen molar-refractivity contribution in [2.75, 3.05) is 20.6 Å². The summed E-state index contributed by atoms with van der Waals surface area (Å²) >= 11 is 8.24. The third-order valence-corrected chi connectivity index (χ3v) is 5.39. The number of hydrogen-bond acceptors (Lipinski definition) is 3. The van der Waals surface area contributed by atoms with Gasteiger partial charge in [0.1, 0.15) is 0 Å². The van der Waals surface area contributed by atoms with Crippen LogP contribution in [0.5, 0.6) is 0 Å². The van der Waals surface area contributed by atoms with Gasteiger partial charge in [0.25, 0.3) is 0 Å². The Bertz CT molecular complexity index is 555. The summed E-state index contributed by atoms with van der Waals surface area (Å²) in [4.78, 5) is 3.51. The zero-order chi connectivity index (χ0) is 14.7. The Labute approximate surface area is 130 Å². The zero-order valence-electron chi connectivity index (χ0n) is 12.6. The molecule has 0 fully saturated rings. The number of rotatable bonds is 6. The van der Waals surface area contributed by atoms with Crippen LogP contribution in [0.4, 0.5) is 0 Å². The summed E-state index contributed by atoms with van der Waals surface area (Å²) in [6.45, 7) is 6.35. The molecule has 0 amide bonds. The van der Waals surface area contributed by atoms with E-state index in [4.69, 9.17) is 11.6 Å². The lowest BCUT2D eigenvalue weighted by Crippen LogP contribution is -2.41. The molecule has 1 aromatic carbocycles. The maximum Gasteiger partial charge on any atom is 0.0636 e. The first-order valence-electron chi connectivity index (χ1n) is 7.03. The second-order valence-electron chi connectivity index (χ2n) is 5.74. The molecule has 1 aromatic heterocycles. The van der Waals surface area contributed by atoms with Crippen LogP contribution in [0.3, 0.4) is 0 Å². The first kappa shape index (κ1) is 15.8. The van der Waals surface area contributed by atoms with E-state index in [9.17, 15) is 0 Å². The van der Waals surface area contributed by atoms with Gasteiger partial charge in [-0.05, 0) is 26.1 Å². The van der Waals surface area contributed by atoms with Crippen LogP contribution in [0.2, 0.25) is 5.02 Å². The predicted molar refractivity (Wildman–Crippen MR) is 90.9 cm³/mol. The average Bonchev–Trinajstić information content (AvgIpc) is 2.71. The van der Waals surface area contributed by atoms with Crippen LogP contribution < -0.4 is 5.32 Å². The first-order valence-corrected chi connectivity index (χ1v) is 8.23. The Hall–Kier alpha value is -0.610. The fraction of sp³-hybridized carbons (Fsp3) is 0.500. The van der Waals surface area contributed by atoms with Crippen LogP contribution in [-0.2, 0) is 6.54 Å². The molecule has 0 spiro atoms. The minimum absolute atomic E-state index is 0.545. The minimum Gasteiger partial charge on any atom is -0.310 e. The Morgan fingerprint density at radius 3 is 2.55 bits per heavy atom.